The predicted molar refractivity (Wildman–Crippen MR) is 47.3 cm³/mol. The van der Waals surface area contributed by atoms with E-state index in [0.717, 1.165) is 5.56 Å². The second kappa shape index (κ2) is 4.69. The van der Waals surface area contributed by atoms with E-state index in [1.165, 1.54) is 12.1 Å². The molecule has 0 aliphatic heterocycles. The molecule has 0 saturated carbocycles. The van der Waals surface area contributed by atoms with Gasteiger partial charge < -0.3 is 4.74 Å². The fraction of sp³-hybridized carbons (Fsp3) is 0.300. The van der Waals surface area contributed by atoms with Crippen molar-refractivity contribution in [3.05, 3.63) is 29.8 Å². The van der Waals surface area contributed by atoms with Gasteiger partial charge in [-0.15, -0.1) is 0 Å². The van der Waals surface area contributed by atoms with Crippen molar-refractivity contribution in [2.45, 2.75) is 12.6 Å². The van der Waals surface area contributed by atoms with Gasteiger partial charge in [0.05, 0.1) is 12.5 Å². The molecule has 0 atom stereocenters. The lowest BCUT2D eigenvalue weighted by atomic mass is 10.2. The van der Waals surface area contributed by atoms with E-state index in [2.05, 4.69) is 4.74 Å². The SMILES string of the molecule is N#CCc1ccc(OCC(F)(F)F)cc1. The number of nitrogens with zero attached hydrogens (tertiary/aromatic N) is 1. The van der Waals surface area contributed by atoms with Crippen molar-refractivity contribution in [2.24, 2.45) is 0 Å². The molecule has 0 aromatic heterocycles. The minimum Gasteiger partial charge on any atom is -0.484 e. The van der Waals surface area contributed by atoms with Gasteiger partial charge >= 0.3 is 6.18 Å². The molecular weight excluding hydrogens is 207 g/mol. The number of ether oxygens (including phenoxy) is 1. The molecule has 0 saturated heterocycles. The maximum Gasteiger partial charge on any atom is 0.422 e. The first-order valence-corrected chi connectivity index (χ1v) is 4.17. The Balaban J connectivity index is 2.54. The average molecular weight is 215 g/mol. The zero-order chi connectivity index (χ0) is 11.3. The Morgan fingerprint density at radius 3 is 2.27 bits per heavy atom. The number of rotatable bonds is 3. The molecule has 2 nitrogen and oxygen atoms in total. The second-order valence-corrected chi connectivity index (χ2v) is 2.88. The molecule has 0 radical (unpaired) electrons. The summed E-state index contributed by atoms with van der Waals surface area (Å²) in [6.07, 6.45) is -4.09. The van der Waals surface area contributed by atoms with Crippen LogP contribution in [-0.2, 0) is 6.42 Å². The maximum absolute atomic E-state index is 11.8. The third-order valence-electron chi connectivity index (χ3n) is 1.61. The van der Waals surface area contributed by atoms with Crippen LogP contribution in [0.3, 0.4) is 0 Å². The molecule has 15 heavy (non-hydrogen) atoms. The fourth-order valence-corrected chi connectivity index (χ4v) is 0.960. The number of alkyl halides is 3. The Kier molecular flexibility index (Phi) is 3.56. The molecule has 0 aliphatic rings. The molecule has 0 spiro atoms. The van der Waals surface area contributed by atoms with Gasteiger partial charge in [0.15, 0.2) is 6.61 Å². The highest BCUT2D eigenvalue weighted by Gasteiger charge is 2.28. The molecule has 80 valence electrons. The summed E-state index contributed by atoms with van der Waals surface area (Å²) in [6, 6.07) is 7.90. The summed E-state index contributed by atoms with van der Waals surface area (Å²) in [5, 5.41) is 8.37. The van der Waals surface area contributed by atoms with Gasteiger partial charge in [-0.05, 0) is 17.7 Å². The minimum atomic E-state index is -4.33. The Bertz CT molecular complexity index is 350. The molecule has 1 rings (SSSR count). The Morgan fingerprint density at radius 2 is 1.80 bits per heavy atom. The van der Waals surface area contributed by atoms with E-state index in [-0.39, 0.29) is 12.2 Å². The van der Waals surface area contributed by atoms with Gasteiger partial charge in [0.1, 0.15) is 5.75 Å². The molecule has 0 N–H and O–H groups in total. The zero-order valence-corrected chi connectivity index (χ0v) is 7.71. The van der Waals surface area contributed by atoms with E-state index in [1.807, 2.05) is 6.07 Å². The summed E-state index contributed by atoms with van der Waals surface area (Å²) < 4.78 is 39.8. The Hall–Kier alpha value is -1.70. The van der Waals surface area contributed by atoms with Gasteiger partial charge in [-0.2, -0.15) is 18.4 Å². The smallest absolute Gasteiger partial charge is 0.422 e. The highest BCUT2D eigenvalue weighted by molar-refractivity contribution is 5.28. The summed E-state index contributed by atoms with van der Waals surface area (Å²) in [5.74, 6) is 0.147. The molecule has 0 amide bonds. The molecule has 0 aliphatic carbocycles. The average Bonchev–Trinajstić information content (AvgIpc) is 2.16. The standard InChI is InChI=1S/C10H8F3NO/c11-10(12,13)7-15-9-3-1-8(2-4-9)5-6-14/h1-4H,5,7H2. The van der Waals surface area contributed by atoms with Gasteiger partial charge in [-0.25, -0.2) is 0 Å². The van der Waals surface area contributed by atoms with Crippen molar-refractivity contribution in [3.63, 3.8) is 0 Å². The molecule has 0 unspecified atom stereocenters. The van der Waals surface area contributed by atoms with Crippen LogP contribution in [0.25, 0.3) is 0 Å². The second-order valence-electron chi connectivity index (χ2n) is 2.88. The van der Waals surface area contributed by atoms with Crippen molar-refractivity contribution in [1.82, 2.24) is 0 Å². The first-order valence-electron chi connectivity index (χ1n) is 4.17. The van der Waals surface area contributed by atoms with Crippen molar-refractivity contribution in [2.75, 3.05) is 6.61 Å². The van der Waals surface area contributed by atoms with Crippen LogP contribution >= 0.6 is 0 Å². The zero-order valence-electron chi connectivity index (χ0n) is 7.71. The third kappa shape index (κ3) is 4.36. The number of benzene rings is 1. The lowest BCUT2D eigenvalue weighted by Crippen LogP contribution is -2.19. The van der Waals surface area contributed by atoms with E-state index in [0.29, 0.717) is 0 Å². The van der Waals surface area contributed by atoms with Crippen LogP contribution in [0.15, 0.2) is 24.3 Å². The van der Waals surface area contributed by atoms with Crippen LogP contribution < -0.4 is 4.74 Å². The number of nitriles is 1. The van der Waals surface area contributed by atoms with Crippen molar-refractivity contribution in [1.29, 1.82) is 5.26 Å². The van der Waals surface area contributed by atoms with Gasteiger partial charge in [0.2, 0.25) is 0 Å². The maximum atomic E-state index is 11.8. The van der Waals surface area contributed by atoms with Gasteiger partial charge in [0, 0.05) is 0 Å². The summed E-state index contributed by atoms with van der Waals surface area (Å²) >= 11 is 0. The van der Waals surface area contributed by atoms with Crippen LogP contribution in [0.1, 0.15) is 5.56 Å². The van der Waals surface area contributed by atoms with Crippen molar-refractivity contribution in [3.8, 4) is 11.8 Å². The molecule has 1 aromatic carbocycles. The molecule has 0 bridgehead atoms. The highest BCUT2D eigenvalue weighted by Crippen LogP contribution is 2.18. The summed E-state index contributed by atoms with van der Waals surface area (Å²) in [7, 11) is 0. The van der Waals surface area contributed by atoms with Crippen LogP contribution in [0.4, 0.5) is 13.2 Å². The monoisotopic (exact) mass is 215 g/mol. The van der Waals surface area contributed by atoms with Crippen molar-refractivity contribution < 1.29 is 17.9 Å². The number of hydrogen-bond acceptors (Lipinski definition) is 2. The minimum absolute atomic E-state index is 0.147. The largest absolute Gasteiger partial charge is 0.484 e. The number of hydrogen-bond donors (Lipinski definition) is 0. The molecule has 5 heteroatoms. The Morgan fingerprint density at radius 1 is 1.20 bits per heavy atom. The van der Waals surface area contributed by atoms with Crippen LogP contribution in [0.2, 0.25) is 0 Å². The van der Waals surface area contributed by atoms with Gasteiger partial charge in [0.25, 0.3) is 0 Å². The van der Waals surface area contributed by atoms with Gasteiger partial charge in [-0.3, -0.25) is 0 Å². The van der Waals surface area contributed by atoms with Gasteiger partial charge in [-0.1, -0.05) is 12.1 Å². The van der Waals surface area contributed by atoms with Crippen LogP contribution in [0, 0.1) is 11.3 Å². The normalized spacial score (nSPS) is 10.8. The number of halogens is 3. The van der Waals surface area contributed by atoms with Crippen LogP contribution in [0.5, 0.6) is 5.75 Å². The first kappa shape index (κ1) is 11.4. The predicted octanol–water partition coefficient (Wildman–Crippen LogP) is 2.69. The lowest BCUT2D eigenvalue weighted by Gasteiger charge is -2.08. The molecule has 0 fully saturated rings. The third-order valence-corrected chi connectivity index (χ3v) is 1.61. The van der Waals surface area contributed by atoms with E-state index >= 15 is 0 Å². The quantitative estimate of drug-likeness (QED) is 0.776. The lowest BCUT2D eigenvalue weighted by molar-refractivity contribution is -0.153. The fourth-order valence-electron chi connectivity index (χ4n) is 0.960. The molecule has 1 aromatic rings. The van der Waals surface area contributed by atoms with E-state index in [4.69, 9.17) is 5.26 Å². The molecular formula is C10H8F3NO. The van der Waals surface area contributed by atoms with E-state index in [9.17, 15) is 13.2 Å². The summed E-state index contributed by atoms with van der Waals surface area (Å²) in [5.41, 5.74) is 0.747. The summed E-state index contributed by atoms with van der Waals surface area (Å²) in [6.45, 7) is -1.30. The van der Waals surface area contributed by atoms with Crippen LogP contribution in [-0.4, -0.2) is 12.8 Å². The van der Waals surface area contributed by atoms with E-state index in [1.54, 1.807) is 12.1 Å². The van der Waals surface area contributed by atoms with Crippen molar-refractivity contribution >= 4 is 0 Å². The Labute approximate surface area is 84.9 Å². The first-order chi connectivity index (χ1) is 7.01. The summed E-state index contributed by atoms with van der Waals surface area (Å²) in [4.78, 5) is 0. The highest BCUT2D eigenvalue weighted by atomic mass is 19.4. The topological polar surface area (TPSA) is 33.0 Å². The van der Waals surface area contributed by atoms with E-state index < -0.39 is 12.8 Å². The molecule has 0 heterocycles.